The number of amides is 2. The van der Waals surface area contributed by atoms with Gasteiger partial charge in [0, 0.05) is 33.4 Å². The molecule has 0 radical (unpaired) electrons. The summed E-state index contributed by atoms with van der Waals surface area (Å²) in [6.45, 7) is 2.73. The van der Waals surface area contributed by atoms with Crippen LogP contribution in [0.15, 0.2) is 18.3 Å². The van der Waals surface area contributed by atoms with E-state index in [0.29, 0.717) is 18.8 Å². The number of likely N-dealkylation sites (N-methyl/N-ethyl adjacent to an activating group) is 2. The number of carbonyl (C=O) groups excluding carboxylic acids is 2. The Morgan fingerprint density at radius 1 is 1.32 bits per heavy atom. The van der Waals surface area contributed by atoms with Crippen molar-refractivity contribution in [3.8, 4) is 0 Å². The van der Waals surface area contributed by atoms with Gasteiger partial charge in [-0.3, -0.25) is 14.6 Å². The summed E-state index contributed by atoms with van der Waals surface area (Å²) in [5.74, 6) is -0.366. The van der Waals surface area contributed by atoms with E-state index in [1.54, 1.807) is 32.4 Å². The third-order valence-corrected chi connectivity index (χ3v) is 2.77. The number of hydrogen-bond donors (Lipinski definition) is 1. The highest BCUT2D eigenvalue weighted by Gasteiger charge is 2.19. The van der Waals surface area contributed by atoms with Crippen LogP contribution in [0.1, 0.15) is 23.0 Å². The molecule has 2 amide bonds. The summed E-state index contributed by atoms with van der Waals surface area (Å²) in [4.78, 5) is 30.8. The molecule has 1 rings (SSSR count). The molecule has 0 bridgehead atoms. The first-order chi connectivity index (χ1) is 8.99. The topological polar surface area (TPSA) is 79.5 Å². The predicted octanol–water partition coefficient (Wildman–Crippen LogP) is 0.0906. The molecule has 1 heterocycles. The van der Waals surface area contributed by atoms with Gasteiger partial charge in [0.1, 0.15) is 12.2 Å². The van der Waals surface area contributed by atoms with E-state index in [1.807, 2.05) is 6.92 Å². The Bertz CT molecular complexity index is 442. The van der Waals surface area contributed by atoms with Gasteiger partial charge in [0.15, 0.2) is 0 Å². The third-order valence-electron chi connectivity index (χ3n) is 2.77. The second kappa shape index (κ2) is 6.84. The molecule has 2 N–H and O–H groups in total. The molecule has 0 fully saturated rings. The number of nitrogens with two attached hydrogens (primary N) is 1. The van der Waals surface area contributed by atoms with E-state index in [4.69, 9.17) is 5.73 Å². The van der Waals surface area contributed by atoms with E-state index in [9.17, 15) is 9.59 Å². The molecule has 1 aromatic rings. The fraction of sp³-hybridized carbons (Fsp3) is 0.462. The lowest BCUT2D eigenvalue weighted by Gasteiger charge is -2.21. The molecular formula is C13H20N4O2. The molecular weight excluding hydrogens is 244 g/mol. The number of aromatic nitrogens is 1. The van der Waals surface area contributed by atoms with Crippen LogP contribution in [0.5, 0.6) is 0 Å². The maximum Gasteiger partial charge on any atom is 0.272 e. The van der Waals surface area contributed by atoms with Crippen molar-refractivity contribution in [3.05, 3.63) is 29.6 Å². The molecule has 1 aromatic heterocycles. The Hall–Kier alpha value is -1.95. The van der Waals surface area contributed by atoms with Crippen molar-refractivity contribution in [3.63, 3.8) is 0 Å². The van der Waals surface area contributed by atoms with Gasteiger partial charge in [0.2, 0.25) is 5.91 Å². The molecule has 0 saturated heterocycles. The lowest BCUT2D eigenvalue weighted by atomic mass is 10.2. The van der Waals surface area contributed by atoms with E-state index in [-0.39, 0.29) is 18.4 Å². The van der Waals surface area contributed by atoms with Crippen molar-refractivity contribution < 1.29 is 9.59 Å². The smallest absolute Gasteiger partial charge is 0.272 e. The lowest BCUT2D eigenvalue weighted by Crippen LogP contribution is -2.40. The van der Waals surface area contributed by atoms with Crippen molar-refractivity contribution in [1.82, 2.24) is 14.8 Å². The molecule has 6 heteroatoms. The Labute approximate surface area is 113 Å². The molecule has 19 heavy (non-hydrogen) atoms. The number of rotatable bonds is 5. The maximum absolute atomic E-state index is 12.2. The second-order valence-corrected chi connectivity index (χ2v) is 4.36. The molecule has 104 valence electrons. The van der Waals surface area contributed by atoms with E-state index in [2.05, 4.69) is 4.98 Å². The molecule has 0 spiro atoms. The van der Waals surface area contributed by atoms with Crippen molar-refractivity contribution >= 4 is 11.8 Å². The van der Waals surface area contributed by atoms with Crippen molar-refractivity contribution in [2.45, 2.75) is 13.5 Å². The molecule has 0 aliphatic heterocycles. The number of nitrogens with zero attached hydrogens (tertiary/aromatic N) is 3. The van der Waals surface area contributed by atoms with Crippen LogP contribution in [-0.4, -0.2) is 53.8 Å². The minimum Gasteiger partial charge on any atom is -0.347 e. The Balaban J connectivity index is 2.80. The van der Waals surface area contributed by atoms with Crippen LogP contribution in [-0.2, 0) is 11.3 Å². The summed E-state index contributed by atoms with van der Waals surface area (Å²) in [5.41, 5.74) is 6.67. The first-order valence-electron chi connectivity index (χ1n) is 6.14. The van der Waals surface area contributed by atoms with Crippen LogP contribution in [0.4, 0.5) is 0 Å². The molecule has 6 nitrogen and oxygen atoms in total. The average Bonchev–Trinajstić information content (AvgIpc) is 2.43. The summed E-state index contributed by atoms with van der Waals surface area (Å²) < 4.78 is 0. The minimum atomic E-state index is -0.249. The van der Waals surface area contributed by atoms with Gasteiger partial charge in [-0.05, 0) is 18.6 Å². The largest absolute Gasteiger partial charge is 0.347 e. The Kier molecular flexibility index (Phi) is 5.44. The number of hydrogen-bond acceptors (Lipinski definition) is 4. The highest BCUT2D eigenvalue weighted by molar-refractivity contribution is 5.94. The molecule has 0 aromatic carbocycles. The van der Waals surface area contributed by atoms with Crippen LogP contribution in [0, 0.1) is 0 Å². The van der Waals surface area contributed by atoms with Gasteiger partial charge in [-0.1, -0.05) is 6.07 Å². The van der Waals surface area contributed by atoms with Gasteiger partial charge >= 0.3 is 0 Å². The quantitative estimate of drug-likeness (QED) is 0.817. The van der Waals surface area contributed by atoms with Gasteiger partial charge < -0.3 is 15.5 Å². The Morgan fingerprint density at radius 2 is 2.00 bits per heavy atom. The highest BCUT2D eigenvalue weighted by atomic mass is 16.2. The zero-order valence-corrected chi connectivity index (χ0v) is 11.6. The summed E-state index contributed by atoms with van der Waals surface area (Å²) in [7, 11) is 3.32. The lowest BCUT2D eigenvalue weighted by molar-refractivity contribution is -0.129. The Morgan fingerprint density at radius 3 is 2.42 bits per heavy atom. The van der Waals surface area contributed by atoms with E-state index < -0.39 is 0 Å². The minimum absolute atomic E-state index is 0.0582. The second-order valence-electron chi connectivity index (χ2n) is 4.36. The first-order valence-corrected chi connectivity index (χ1v) is 6.14. The third kappa shape index (κ3) is 4.03. The zero-order valence-electron chi connectivity index (χ0n) is 11.6. The normalized spacial score (nSPS) is 10.1. The molecule has 0 unspecified atom stereocenters. The summed E-state index contributed by atoms with van der Waals surface area (Å²) in [6.07, 6.45) is 1.58. The SMILES string of the molecule is CCN(CC(=O)N(C)C)C(=O)c1ccc(CN)cn1. The zero-order chi connectivity index (χ0) is 14.4. The fourth-order valence-electron chi connectivity index (χ4n) is 1.47. The van der Waals surface area contributed by atoms with Gasteiger partial charge in [-0.25, -0.2) is 0 Å². The standard InChI is InChI=1S/C13H20N4O2/c1-4-17(9-12(18)16(2)3)13(19)11-6-5-10(7-14)8-15-11/h5-6,8H,4,7,9,14H2,1-3H3. The molecule has 0 saturated carbocycles. The number of pyridine rings is 1. The number of carbonyl (C=O) groups is 2. The van der Waals surface area contributed by atoms with Crippen LogP contribution < -0.4 is 5.73 Å². The predicted molar refractivity (Wildman–Crippen MR) is 72.4 cm³/mol. The fourth-order valence-corrected chi connectivity index (χ4v) is 1.47. The average molecular weight is 264 g/mol. The van der Waals surface area contributed by atoms with Crippen LogP contribution >= 0.6 is 0 Å². The van der Waals surface area contributed by atoms with E-state index in [1.165, 1.54) is 9.80 Å². The highest BCUT2D eigenvalue weighted by Crippen LogP contribution is 2.04. The van der Waals surface area contributed by atoms with Crippen LogP contribution in [0.2, 0.25) is 0 Å². The molecule has 0 atom stereocenters. The van der Waals surface area contributed by atoms with E-state index in [0.717, 1.165) is 5.56 Å². The van der Waals surface area contributed by atoms with Crippen molar-refractivity contribution in [2.24, 2.45) is 5.73 Å². The summed E-state index contributed by atoms with van der Waals surface area (Å²) in [5, 5.41) is 0. The monoisotopic (exact) mass is 264 g/mol. The first kappa shape index (κ1) is 15.1. The van der Waals surface area contributed by atoms with Gasteiger partial charge in [0.05, 0.1) is 0 Å². The molecule has 0 aliphatic carbocycles. The maximum atomic E-state index is 12.2. The van der Waals surface area contributed by atoms with Gasteiger partial charge in [-0.2, -0.15) is 0 Å². The van der Waals surface area contributed by atoms with E-state index >= 15 is 0 Å². The summed E-state index contributed by atoms with van der Waals surface area (Å²) in [6, 6.07) is 3.40. The van der Waals surface area contributed by atoms with Gasteiger partial charge in [0.25, 0.3) is 5.91 Å². The van der Waals surface area contributed by atoms with Gasteiger partial charge in [-0.15, -0.1) is 0 Å². The van der Waals surface area contributed by atoms with Crippen LogP contribution in [0.25, 0.3) is 0 Å². The summed E-state index contributed by atoms with van der Waals surface area (Å²) >= 11 is 0. The molecule has 0 aliphatic rings. The van der Waals surface area contributed by atoms with Crippen molar-refractivity contribution in [1.29, 1.82) is 0 Å². The van der Waals surface area contributed by atoms with Crippen LogP contribution in [0.3, 0.4) is 0 Å². The van der Waals surface area contributed by atoms with Crippen molar-refractivity contribution in [2.75, 3.05) is 27.2 Å².